The molecule has 1 rings (SSSR count). The fourth-order valence-corrected chi connectivity index (χ4v) is 1.99. The van der Waals surface area contributed by atoms with Gasteiger partial charge in [-0.15, -0.1) is 0 Å². The second kappa shape index (κ2) is 7.69. The van der Waals surface area contributed by atoms with Crippen molar-refractivity contribution in [1.29, 1.82) is 0 Å². The van der Waals surface area contributed by atoms with E-state index in [4.69, 9.17) is 10.5 Å². The number of carbonyl (C=O) groups is 1. The van der Waals surface area contributed by atoms with Gasteiger partial charge in [-0.2, -0.15) is 0 Å². The Hall–Kier alpha value is -1.82. The first-order chi connectivity index (χ1) is 9.51. The third kappa shape index (κ3) is 4.09. The van der Waals surface area contributed by atoms with Crippen LogP contribution in [0.15, 0.2) is 12.3 Å². The number of aromatic nitrogens is 1. The maximum atomic E-state index is 11.6. The van der Waals surface area contributed by atoms with Crippen molar-refractivity contribution in [1.82, 2.24) is 9.88 Å². The summed E-state index contributed by atoms with van der Waals surface area (Å²) in [7, 11) is 5.43. The van der Waals surface area contributed by atoms with Gasteiger partial charge in [-0.05, 0) is 40.1 Å². The average molecular weight is 280 g/mol. The third-order valence-electron chi connectivity index (χ3n) is 3.09. The van der Waals surface area contributed by atoms with Crippen molar-refractivity contribution >= 4 is 17.5 Å². The van der Waals surface area contributed by atoms with Crippen molar-refractivity contribution in [2.75, 3.05) is 51.5 Å². The summed E-state index contributed by atoms with van der Waals surface area (Å²) in [5.74, 6) is 0.213. The lowest BCUT2D eigenvalue weighted by Crippen LogP contribution is -2.29. The molecule has 20 heavy (non-hydrogen) atoms. The van der Waals surface area contributed by atoms with E-state index < -0.39 is 5.97 Å². The Labute approximate surface area is 120 Å². The number of nitrogens with two attached hydrogens (primary N) is 1. The zero-order valence-corrected chi connectivity index (χ0v) is 12.7. The van der Waals surface area contributed by atoms with E-state index >= 15 is 0 Å². The summed E-state index contributed by atoms with van der Waals surface area (Å²) < 4.78 is 4.73. The molecule has 0 amide bonds. The zero-order chi connectivity index (χ0) is 15.1. The molecular formula is C14H24N4O2. The second-order valence-electron chi connectivity index (χ2n) is 4.82. The van der Waals surface area contributed by atoms with Gasteiger partial charge < -0.3 is 20.3 Å². The Balaban J connectivity index is 2.89. The highest BCUT2D eigenvalue weighted by Crippen LogP contribution is 2.24. The molecule has 0 aromatic carbocycles. The van der Waals surface area contributed by atoms with Crippen LogP contribution in [0.25, 0.3) is 0 Å². The summed E-state index contributed by atoms with van der Waals surface area (Å²) in [5, 5.41) is 0. The first-order valence-electron chi connectivity index (χ1n) is 6.73. The molecule has 0 unspecified atom stereocenters. The first-order valence-corrected chi connectivity index (χ1v) is 6.73. The molecule has 6 heteroatoms. The molecule has 1 heterocycles. The summed E-state index contributed by atoms with van der Waals surface area (Å²) in [6.07, 6.45) is 2.59. The van der Waals surface area contributed by atoms with Crippen molar-refractivity contribution < 1.29 is 9.53 Å². The SMILES string of the molecule is CCN(CCCN(C)C)c1nccc(C(=O)OC)c1N. The number of pyridine rings is 1. The summed E-state index contributed by atoms with van der Waals surface area (Å²) in [4.78, 5) is 20.2. The van der Waals surface area contributed by atoms with E-state index in [1.807, 2.05) is 21.0 Å². The van der Waals surface area contributed by atoms with Crippen LogP contribution in [0.5, 0.6) is 0 Å². The lowest BCUT2D eigenvalue weighted by atomic mass is 10.2. The zero-order valence-electron chi connectivity index (χ0n) is 12.7. The number of hydrogen-bond acceptors (Lipinski definition) is 6. The molecule has 0 radical (unpaired) electrons. The molecule has 0 aliphatic heterocycles. The van der Waals surface area contributed by atoms with Gasteiger partial charge in [0.25, 0.3) is 0 Å². The van der Waals surface area contributed by atoms with Crippen LogP contribution in [-0.2, 0) is 4.74 Å². The molecule has 0 fully saturated rings. The predicted octanol–water partition coefficient (Wildman–Crippen LogP) is 1.23. The fraction of sp³-hybridized carbons (Fsp3) is 0.571. The fourth-order valence-electron chi connectivity index (χ4n) is 1.99. The Bertz CT molecular complexity index is 449. The lowest BCUT2D eigenvalue weighted by molar-refractivity contribution is 0.0602. The van der Waals surface area contributed by atoms with Crippen LogP contribution < -0.4 is 10.6 Å². The van der Waals surface area contributed by atoms with Crippen LogP contribution in [0.2, 0.25) is 0 Å². The summed E-state index contributed by atoms with van der Waals surface area (Å²) in [6.45, 7) is 4.67. The number of nitrogens with zero attached hydrogens (tertiary/aromatic N) is 3. The smallest absolute Gasteiger partial charge is 0.340 e. The van der Waals surface area contributed by atoms with E-state index in [0.717, 1.165) is 26.1 Å². The second-order valence-corrected chi connectivity index (χ2v) is 4.82. The van der Waals surface area contributed by atoms with E-state index in [2.05, 4.69) is 14.8 Å². The highest BCUT2D eigenvalue weighted by molar-refractivity contribution is 5.97. The van der Waals surface area contributed by atoms with Gasteiger partial charge in [0.05, 0.1) is 18.4 Å². The summed E-state index contributed by atoms with van der Waals surface area (Å²) in [5.41, 5.74) is 6.80. The predicted molar refractivity (Wildman–Crippen MR) is 81.0 cm³/mol. The molecule has 112 valence electrons. The molecular weight excluding hydrogens is 256 g/mol. The first kappa shape index (κ1) is 16.2. The summed E-state index contributed by atoms with van der Waals surface area (Å²) >= 11 is 0. The third-order valence-corrected chi connectivity index (χ3v) is 3.09. The van der Waals surface area contributed by atoms with Crippen LogP contribution in [0.3, 0.4) is 0 Å². The van der Waals surface area contributed by atoms with Gasteiger partial charge >= 0.3 is 5.97 Å². The largest absolute Gasteiger partial charge is 0.465 e. The van der Waals surface area contributed by atoms with Crippen LogP contribution in [0.1, 0.15) is 23.7 Å². The highest BCUT2D eigenvalue weighted by Gasteiger charge is 2.17. The van der Waals surface area contributed by atoms with E-state index in [1.54, 1.807) is 12.3 Å². The van der Waals surface area contributed by atoms with Gasteiger partial charge in [-0.25, -0.2) is 9.78 Å². The monoisotopic (exact) mass is 280 g/mol. The Morgan fingerprint density at radius 3 is 2.65 bits per heavy atom. The quantitative estimate of drug-likeness (QED) is 0.757. The van der Waals surface area contributed by atoms with E-state index in [1.165, 1.54) is 7.11 Å². The maximum Gasteiger partial charge on any atom is 0.340 e. The number of anilines is 2. The van der Waals surface area contributed by atoms with E-state index in [-0.39, 0.29) is 0 Å². The molecule has 0 saturated carbocycles. The van der Waals surface area contributed by atoms with Crippen molar-refractivity contribution in [3.8, 4) is 0 Å². The Kier molecular flexibility index (Phi) is 6.24. The number of methoxy groups -OCH3 is 1. The van der Waals surface area contributed by atoms with Crippen LogP contribution in [-0.4, -0.2) is 56.7 Å². The number of hydrogen-bond donors (Lipinski definition) is 1. The number of rotatable bonds is 7. The van der Waals surface area contributed by atoms with E-state index in [0.29, 0.717) is 17.1 Å². The normalized spacial score (nSPS) is 10.7. The summed E-state index contributed by atoms with van der Waals surface area (Å²) in [6, 6.07) is 1.58. The van der Waals surface area contributed by atoms with Gasteiger partial charge in [0.1, 0.15) is 0 Å². The van der Waals surface area contributed by atoms with Crippen LogP contribution in [0, 0.1) is 0 Å². The minimum atomic E-state index is -0.435. The molecule has 2 N–H and O–H groups in total. The average Bonchev–Trinajstić information content (AvgIpc) is 2.43. The highest BCUT2D eigenvalue weighted by atomic mass is 16.5. The number of nitrogen functional groups attached to an aromatic ring is 1. The van der Waals surface area contributed by atoms with Gasteiger partial charge in [-0.1, -0.05) is 0 Å². The molecule has 0 atom stereocenters. The molecule has 1 aromatic heterocycles. The lowest BCUT2D eigenvalue weighted by Gasteiger charge is -2.24. The number of carbonyl (C=O) groups excluding carboxylic acids is 1. The molecule has 1 aromatic rings. The van der Waals surface area contributed by atoms with Gasteiger partial charge in [-0.3, -0.25) is 0 Å². The molecule has 0 aliphatic rings. The maximum absolute atomic E-state index is 11.6. The minimum Gasteiger partial charge on any atom is -0.465 e. The Morgan fingerprint density at radius 2 is 2.10 bits per heavy atom. The minimum absolute atomic E-state index is 0.364. The van der Waals surface area contributed by atoms with Crippen molar-refractivity contribution in [3.05, 3.63) is 17.8 Å². The van der Waals surface area contributed by atoms with Gasteiger partial charge in [0, 0.05) is 19.3 Å². The van der Waals surface area contributed by atoms with Gasteiger partial charge in [0.2, 0.25) is 0 Å². The van der Waals surface area contributed by atoms with Crippen molar-refractivity contribution in [2.45, 2.75) is 13.3 Å². The molecule has 0 spiro atoms. The van der Waals surface area contributed by atoms with Gasteiger partial charge in [0.15, 0.2) is 5.82 Å². The van der Waals surface area contributed by atoms with Crippen LogP contribution in [0.4, 0.5) is 11.5 Å². The Morgan fingerprint density at radius 1 is 1.40 bits per heavy atom. The topological polar surface area (TPSA) is 71.7 Å². The standard InChI is InChI=1S/C14H24N4O2/c1-5-18(10-6-9-17(2)3)13-12(15)11(7-8-16-13)14(19)20-4/h7-8H,5-6,9-10,15H2,1-4H3. The number of esters is 1. The van der Waals surface area contributed by atoms with Crippen LogP contribution >= 0.6 is 0 Å². The number of ether oxygens (including phenoxy) is 1. The molecule has 0 aliphatic carbocycles. The van der Waals surface area contributed by atoms with Crippen molar-refractivity contribution in [3.63, 3.8) is 0 Å². The van der Waals surface area contributed by atoms with E-state index in [9.17, 15) is 4.79 Å². The molecule has 6 nitrogen and oxygen atoms in total. The van der Waals surface area contributed by atoms with Crippen molar-refractivity contribution in [2.24, 2.45) is 0 Å². The molecule has 0 saturated heterocycles. The molecule has 0 bridgehead atoms.